The van der Waals surface area contributed by atoms with Crippen LogP contribution in [0.1, 0.15) is 6.92 Å². The number of carbonyl (C=O) groups excluding carboxylic acids is 2. The van der Waals surface area contributed by atoms with Crippen molar-refractivity contribution in [1.82, 2.24) is 4.90 Å². The van der Waals surface area contributed by atoms with Crippen molar-refractivity contribution in [3.05, 3.63) is 30.1 Å². The molecule has 1 aromatic carbocycles. The number of hydrogen-bond donors (Lipinski definition) is 1. The smallest absolute Gasteiger partial charge is 0.243 e. The second kappa shape index (κ2) is 7.48. The van der Waals surface area contributed by atoms with Crippen LogP contribution in [0.4, 0.5) is 10.1 Å². The molecule has 19 heavy (non-hydrogen) atoms. The molecule has 0 aliphatic carbocycles. The molecular formula is C13H17FN2O3. The topological polar surface area (TPSA) is 58.6 Å². The third-order valence-electron chi connectivity index (χ3n) is 2.45. The van der Waals surface area contributed by atoms with Gasteiger partial charge in [0.25, 0.3) is 0 Å². The van der Waals surface area contributed by atoms with Gasteiger partial charge in [-0.1, -0.05) is 6.07 Å². The molecule has 0 spiro atoms. The van der Waals surface area contributed by atoms with Gasteiger partial charge in [0.2, 0.25) is 11.8 Å². The van der Waals surface area contributed by atoms with Crippen LogP contribution in [0, 0.1) is 5.82 Å². The molecule has 0 radical (unpaired) electrons. The van der Waals surface area contributed by atoms with Gasteiger partial charge < -0.3 is 15.0 Å². The standard InChI is InChI=1S/C13H17FN2O3/c1-10(17)16(6-7-19-2)9-13(18)15-12-5-3-4-11(14)8-12/h3-5,8H,6-7,9H2,1-2H3,(H,15,18). The molecule has 0 unspecified atom stereocenters. The number of carbonyl (C=O) groups is 2. The molecule has 1 rings (SSSR count). The molecule has 1 aromatic rings. The van der Waals surface area contributed by atoms with E-state index in [0.29, 0.717) is 18.8 Å². The van der Waals surface area contributed by atoms with E-state index in [9.17, 15) is 14.0 Å². The first-order valence-corrected chi connectivity index (χ1v) is 5.83. The zero-order valence-electron chi connectivity index (χ0n) is 11.0. The largest absolute Gasteiger partial charge is 0.383 e. The zero-order valence-corrected chi connectivity index (χ0v) is 11.0. The van der Waals surface area contributed by atoms with Crippen LogP contribution in [0.5, 0.6) is 0 Å². The highest BCUT2D eigenvalue weighted by Crippen LogP contribution is 2.08. The van der Waals surface area contributed by atoms with E-state index in [1.54, 1.807) is 6.07 Å². The van der Waals surface area contributed by atoms with Crippen LogP contribution in [0.3, 0.4) is 0 Å². The van der Waals surface area contributed by atoms with Crippen molar-refractivity contribution in [3.8, 4) is 0 Å². The first-order valence-electron chi connectivity index (χ1n) is 5.83. The molecule has 0 aliphatic rings. The number of hydrogen-bond acceptors (Lipinski definition) is 3. The van der Waals surface area contributed by atoms with E-state index < -0.39 is 5.82 Å². The molecule has 0 saturated heterocycles. The van der Waals surface area contributed by atoms with Gasteiger partial charge in [-0.2, -0.15) is 0 Å². The Bertz CT molecular complexity index is 451. The Morgan fingerprint density at radius 1 is 1.42 bits per heavy atom. The summed E-state index contributed by atoms with van der Waals surface area (Å²) in [6, 6.07) is 5.58. The third kappa shape index (κ3) is 5.48. The van der Waals surface area contributed by atoms with Crippen molar-refractivity contribution in [2.45, 2.75) is 6.92 Å². The number of halogens is 1. The van der Waals surface area contributed by atoms with Gasteiger partial charge in [0.1, 0.15) is 5.82 Å². The second-order valence-electron chi connectivity index (χ2n) is 3.99. The van der Waals surface area contributed by atoms with Gasteiger partial charge in [-0.05, 0) is 18.2 Å². The molecule has 0 heterocycles. The van der Waals surface area contributed by atoms with E-state index in [4.69, 9.17) is 4.74 Å². The summed E-state index contributed by atoms with van der Waals surface area (Å²) in [6.45, 7) is 1.98. The number of nitrogens with one attached hydrogen (secondary N) is 1. The number of anilines is 1. The molecule has 0 fully saturated rings. The van der Waals surface area contributed by atoms with Gasteiger partial charge in [0, 0.05) is 26.3 Å². The Kier molecular flexibility index (Phi) is 5.95. The number of rotatable bonds is 6. The lowest BCUT2D eigenvalue weighted by molar-refractivity contribution is -0.133. The lowest BCUT2D eigenvalue weighted by Crippen LogP contribution is -2.38. The number of nitrogens with zero attached hydrogens (tertiary/aromatic N) is 1. The Morgan fingerprint density at radius 2 is 2.16 bits per heavy atom. The SMILES string of the molecule is COCCN(CC(=O)Nc1cccc(F)c1)C(C)=O. The van der Waals surface area contributed by atoms with E-state index in [2.05, 4.69) is 5.32 Å². The van der Waals surface area contributed by atoms with Gasteiger partial charge >= 0.3 is 0 Å². The summed E-state index contributed by atoms with van der Waals surface area (Å²) in [7, 11) is 1.52. The van der Waals surface area contributed by atoms with Crippen LogP contribution in [0.2, 0.25) is 0 Å². The second-order valence-corrected chi connectivity index (χ2v) is 3.99. The summed E-state index contributed by atoms with van der Waals surface area (Å²) in [5, 5.41) is 2.53. The average Bonchev–Trinajstić information content (AvgIpc) is 2.34. The van der Waals surface area contributed by atoms with Crippen LogP contribution in [-0.4, -0.2) is 43.5 Å². The number of ether oxygens (including phenoxy) is 1. The summed E-state index contributed by atoms with van der Waals surface area (Å²) in [5.74, 6) is -1.02. The van der Waals surface area contributed by atoms with Gasteiger partial charge in [-0.25, -0.2) is 4.39 Å². The zero-order chi connectivity index (χ0) is 14.3. The summed E-state index contributed by atoms with van der Waals surface area (Å²) < 4.78 is 17.8. The van der Waals surface area contributed by atoms with Gasteiger partial charge in [0.15, 0.2) is 0 Å². The first-order chi connectivity index (χ1) is 9.02. The fourth-order valence-corrected chi connectivity index (χ4v) is 1.49. The maximum Gasteiger partial charge on any atom is 0.243 e. The van der Waals surface area contributed by atoms with Crippen molar-refractivity contribution in [1.29, 1.82) is 0 Å². The van der Waals surface area contributed by atoms with Crippen LogP contribution >= 0.6 is 0 Å². The monoisotopic (exact) mass is 268 g/mol. The highest BCUT2D eigenvalue weighted by Gasteiger charge is 2.13. The maximum absolute atomic E-state index is 12.9. The molecule has 0 aliphatic heterocycles. The summed E-state index contributed by atoms with van der Waals surface area (Å²) in [4.78, 5) is 24.4. The Balaban J connectivity index is 2.55. The van der Waals surface area contributed by atoms with Crippen molar-refractivity contribution >= 4 is 17.5 Å². The van der Waals surface area contributed by atoms with Crippen molar-refractivity contribution in [2.75, 3.05) is 32.1 Å². The predicted molar refractivity (Wildman–Crippen MR) is 69.2 cm³/mol. The van der Waals surface area contributed by atoms with E-state index >= 15 is 0 Å². The van der Waals surface area contributed by atoms with E-state index in [1.807, 2.05) is 0 Å². The van der Waals surface area contributed by atoms with Crippen molar-refractivity contribution < 1.29 is 18.7 Å². The van der Waals surface area contributed by atoms with E-state index in [1.165, 1.54) is 37.1 Å². The van der Waals surface area contributed by atoms with Crippen molar-refractivity contribution in [3.63, 3.8) is 0 Å². The van der Waals surface area contributed by atoms with Crippen LogP contribution < -0.4 is 5.32 Å². The molecule has 0 bridgehead atoms. The Morgan fingerprint density at radius 3 is 2.74 bits per heavy atom. The maximum atomic E-state index is 12.9. The van der Waals surface area contributed by atoms with Gasteiger partial charge in [0.05, 0.1) is 13.2 Å². The highest BCUT2D eigenvalue weighted by atomic mass is 19.1. The van der Waals surface area contributed by atoms with Crippen LogP contribution in [0.15, 0.2) is 24.3 Å². The number of benzene rings is 1. The predicted octanol–water partition coefficient (Wildman–Crippen LogP) is 1.26. The Labute approximate surface area is 111 Å². The van der Waals surface area contributed by atoms with Gasteiger partial charge in [-0.3, -0.25) is 9.59 Å². The van der Waals surface area contributed by atoms with Crippen LogP contribution in [0.25, 0.3) is 0 Å². The van der Waals surface area contributed by atoms with Gasteiger partial charge in [-0.15, -0.1) is 0 Å². The molecule has 0 saturated carbocycles. The molecule has 2 amide bonds. The average molecular weight is 268 g/mol. The third-order valence-corrected chi connectivity index (χ3v) is 2.45. The molecule has 5 nitrogen and oxygen atoms in total. The summed E-state index contributed by atoms with van der Waals surface area (Å²) in [5.41, 5.74) is 0.361. The first kappa shape index (κ1) is 15.1. The summed E-state index contributed by atoms with van der Waals surface area (Å²) >= 11 is 0. The molecule has 0 atom stereocenters. The summed E-state index contributed by atoms with van der Waals surface area (Å²) in [6.07, 6.45) is 0. The minimum atomic E-state index is -0.430. The molecule has 6 heteroatoms. The molecule has 104 valence electrons. The molecular weight excluding hydrogens is 251 g/mol. The fourth-order valence-electron chi connectivity index (χ4n) is 1.49. The molecule has 0 aromatic heterocycles. The normalized spacial score (nSPS) is 10.1. The lowest BCUT2D eigenvalue weighted by Gasteiger charge is -2.19. The van der Waals surface area contributed by atoms with Crippen molar-refractivity contribution in [2.24, 2.45) is 0 Å². The molecule has 1 N–H and O–H groups in total. The minimum absolute atomic E-state index is 0.0881. The van der Waals surface area contributed by atoms with Crippen LogP contribution in [-0.2, 0) is 14.3 Å². The highest BCUT2D eigenvalue weighted by molar-refractivity contribution is 5.94. The fraction of sp³-hybridized carbons (Fsp3) is 0.385. The number of amides is 2. The lowest BCUT2D eigenvalue weighted by atomic mass is 10.3. The quantitative estimate of drug-likeness (QED) is 0.845. The van der Waals surface area contributed by atoms with E-state index in [0.717, 1.165) is 0 Å². The minimum Gasteiger partial charge on any atom is -0.383 e. The number of methoxy groups -OCH3 is 1. The Hall–Kier alpha value is -1.95. The van der Waals surface area contributed by atoms with E-state index in [-0.39, 0.29) is 18.4 Å².